The van der Waals surface area contributed by atoms with Crippen molar-refractivity contribution in [3.63, 3.8) is 0 Å². The fourth-order valence-electron chi connectivity index (χ4n) is 2.44. The number of nitrogens with two attached hydrogens (primary N) is 1. The highest BCUT2D eigenvalue weighted by Gasteiger charge is 2.10. The van der Waals surface area contributed by atoms with Gasteiger partial charge in [0.2, 0.25) is 0 Å². The van der Waals surface area contributed by atoms with E-state index in [0.29, 0.717) is 5.02 Å². The van der Waals surface area contributed by atoms with Gasteiger partial charge < -0.3 is 15.4 Å². The maximum atomic E-state index is 11.0. The molecule has 0 saturated carbocycles. The Morgan fingerprint density at radius 3 is 2.50 bits per heavy atom. The number of carbonyl (C=O) groups is 1. The van der Waals surface area contributed by atoms with Crippen molar-refractivity contribution in [2.75, 3.05) is 0 Å². The summed E-state index contributed by atoms with van der Waals surface area (Å²) in [5, 5.41) is 9.62. The molecule has 5 heteroatoms. The second kappa shape index (κ2) is 6.53. The molecule has 0 aliphatic heterocycles. The molecule has 0 aliphatic carbocycles. The molecule has 4 nitrogen and oxygen atoms in total. The van der Waals surface area contributed by atoms with Gasteiger partial charge in [0.25, 0.3) is 0 Å². The van der Waals surface area contributed by atoms with Crippen LogP contribution in [0, 0.1) is 12.0 Å². The van der Waals surface area contributed by atoms with Gasteiger partial charge in [-0.2, -0.15) is 0 Å². The van der Waals surface area contributed by atoms with Crippen molar-refractivity contribution in [1.82, 2.24) is 4.57 Å². The lowest BCUT2D eigenvalue weighted by atomic mass is 10.1. The first kappa shape index (κ1) is 15.7. The third-order valence-corrected chi connectivity index (χ3v) is 3.82. The molecule has 0 unspecified atom stereocenters. The zero-order chi connectivity index (χ0) is 17.1. The number of carboxylic acids is 1. The summed E-state index contributed by atoms with van der Waals surface area (Å²) in [4.78, 5) is 11.0. The van der Waals surface area contributed by atoms with Crippen LogP contribution in [0.3, 0.4) is 0 Å². The van der Waals surface area contributed by atoms with Crippen molar-refractivity contribution in [2.45, 2.75) is 0 Å². The number of nitrogens with zero attached hydrogens (tertiary/aromatic N) is 1. The van der Waals surface area contributed by atoms with E-state index in [9.17, 15) is 4.79 Å². The Labute approximate surface area is 144 Å². The number of hydrogen-bond donors (Lipinski definition) is 2. The summed E-state index contributed by atoms with van der Waals surface area (Å²) in [6.45, 7) is 0. The largest absolute Gasteiger partial charge is 0.478 e. The first-order chi connectivity index (χ1) is 11.6. The molecule has 0 spiro atoms. The molecule has 3 N–H and O–H groups in total. The molecule has 1 heterocycles. The van der Waals surface area contributed by atoms with Gasteiger partial charge in [-0.25, -0.2) is 4.79 Å². The topological polar surface area (TPSA) is 68.2 Å². The van der Waals surface area contributed by atoms with Crippen LogP contribution in [0.5, 0.6) is 0 Å². The molecule has 3 rings (SSSR count). The fraction of sp³-hybridized carbons (Fsp3) is 0. The molecule has 24 heavy (non-hydrogen) atoms. The van der Waals surface area contributed by atoms with E-state index in [4.69, 9.17) is 22.4 Å². The molecule has 0 bridgehead atoms. The van der Waals surface area contributed by atoms with E-state index in [-0.39, 0.29) is 5.56 Å². The quantitative estimate of drug-likeness (QED) is 0.565. The fourth-order valence-corrected chi connectivity index (χ4v) is 2.63. The van der Waals surface area contributed by atoms with Gasteiger partial charge in [-0.05, 0) is 47.9 Å². The van der Waals surface area contributed by atoms with Gasteiger partial charge in [0.1, 0.15) is 0 Å². The number of halogens is 1. The Morgan fingerprint density at radius 1 is 1.12 bits per heavy atom. The van der Waals surface area contributed by atoms with Crippen LogP contribution in [-0.4, -0.2) is 15.6 Å². The SMILES string of the molecule is NC#Cc1cn(-c2ccc(C(=O)O)cc2)cc1-c1cccc(Cl)c1. The maximum Gasteiger partial charge on any atom is 0.335 e. The van der Waals surface area contributed by atoms with Gasteiger partial charge in [0, 0.05) is 34.7 Å². The van der Waals surface area contributed by atoms with E-state index in [0.717, 1.165) is 22.4 Å². The number of benzene rings is 2. The molecule has 3 aromatic rings. The Hall–Kier alpha value is -3.16. The smallest absolute Gasteiger partial charge is 0.335 e. The molecule has 0 aliphatic rings. The van der Waals surface area contributed by atoms with E-state index < -0.39 is 5.97 Å². The summed E-state index contributed by atoms with van der Waals surface area (Å²) in [5.41, 5.74) is 9.04. The number of aromatic nitrogens is 1. The minimum Gasteiger partial charge on any atom is -0.478 e. The first-order valence-electron chi connectivity index (χ1n) is 7.12. The van der Waals surface area contributed by atoms with Crippen molar-refractivity contribution in [2.24, 2.45) is 5.73 Å². The highest BCUT2D eigenvalue weighted by Crippen LogP contribution is 2.28. The van der Waals surface area contributed by atoms with E-state index in [1.807, 2.05) is 35.2 Å². The molecule has 1 aromatic heterocycles. The van der Waals surface area contributed by atoms with E-state index in [1.54, 1.807) is 30.3 Å². The molecular formula is C19H13ClN2O2. The molecule has 0 saturated heterocycles. The Bertz CT molecular complexity index is 963. The summed E-state index contributed by atoms with van der Waals surface area (Å²) in [7, 11) is 0. The van der Waals surface area contributed by atoms with Gasteiger partial charge in [0.05, 0.1) is 11.1 Å². The van der Waals surface area contributed by atoms with Gasteiger partial charge in [-0.1, -0.05) is 23.7 Å². The monoisotopic (exact) mass is 336 g/mol. The summed E-state index contributed by atoms with van der Waals surface area (Å²) >= 11 is 6.07. The lowest BCUT2D eigenvalue weighted by Gasteiger charge is -2.03. The third kappa shape index (κ3) is 3.12. The number of aromatic carboxylic acids is 1. The summed E-state index contributed by atoms with van der Waals surface area (Å²) < 4.78 is 1.88. The van der Waals surface area contributed by atoms with Crippen LogP contribution < -0.4 is 5.73 Å². The number of rotatable bonds is 3. The Kier molecular flexibility index (Phi) is 4.28. The first-order valence-corrected chi connectivity index (χ1v) is 7.49. The zero-order valence-corrected chi connectivity index (χ0v) is 13.3. The zero-order valence-electron chi connectivity index (χ0n) is 12.5. The molecule has 0 radical (unpaired) electrons. The van der Waals surface area contributed by atoms with Crippen LogP contribution >= 0.6 is 11.6 Å². The van der Waals surface area contributed by atoms with Gasteiger partial charge >= 0.3 is 5.97 Å². The van der Waals surface area contributed by atoms with Crippen LogP contribution in [0.15, 0.2) is 60.9 Å². The average molecular weight is 337 g/mol. The molecule has 0 fully saturated rings. The normalized spacial score (nSPS) is 10.0. The predicted octanol–water partition coefficient (Wildman–Crippen LogP) is 3.76. The highest BCUT2D eigenvalue weighted by atomic mass is 35.5. The summed E-state index contributed by atoms with van der Waals surface area (Å²) in [6.07, 6.45) is 3.77. The van der Waals surface area contributed by atoms with E-state index in [2.05, 4.69) is 12.0 Å². The maximum absolute atomic E-state index is 11.0. The van der Waals surface area contributed by atoms with Crippen LogP contribution in [0.2, 0.25) is 5.02 Å². The van der Waals surface area contributed by atoms with Crippen LogP contribution in [0.4, 0.5) is 0 Å². The number of hydrogen-bond acceptors (Lipinski definition) is 2. The summed E-state index contributed by atoms with van der Waals surface area (Å²) in [6, 6.07) is 16.5. The minimum atomic E-state index is -0.955. The van der Waals surface area contributed by atoms with Crippen LogP contribution in [0.25, 0.3) is 16.8 Å². The van der Waals surface area contributed by atoms with Gasteiger partial charge in [-0.3, -0.25) is 0 Å². The van der Waals surface area contributed by atoms with Gasteiger partial charge in [-0.15, -0.1) is 0 Å². The van der Waals surface area contributed by atoms with E-state index in [1.165, 1.54) is 0 Å². The molecule has 0 atom stereocenters. The highest BCUT2D eigenvalue weighted by molar-refractivity contribution is 6.30. The van der Waals surface area contributed by atoms with Crippen molar-refractivity contribution >= 4 is 17.6 Å². The third-order valence-electron chi connectivity index (χ3n) is 3.58. The predicted molar refractivity (Wildman–Crippen MR) is 94.2 cm³/mol. The standard InChI is InChI=1S/C19H13ClN2O2/c20-16-3-1-2-14(10-16)18-12-22(11-15(18)8-9-21)17-6-4-13(5-7-17)19(23)24/h1-7,10-12H,21H2,(H,23,24). The van der Waals surface area contributed by atoms with Crippen molar-refractivity contribution in [3.8, 4) is 28.8 Å². The van der Waals surface area contributed by atoms with Crippen molar-refractivity contribution < 1.29 is 9.90 Å². The van der Waals surface area contributed by atoms with Crippen LogP contribution in [-0.2, 0) is 0 Å². The van der Waals surface area contributed by atoms with Crippen LogP contribution in [0.1, 0.15) is 15.9 Å². The van der Waals surface area contributed by atoms with Crippen molar-refractivity contribution in [3.05, 3.63) is 77.1 Å². The van der Waals surface area contributed by atoms with Gasteiger partial charge in [0.15, 0.2) is 0 Å². The number of carboxylic acid groups (broad SMARTS) is 1. The molecule has 2 aromatic carbocycles. The Balaban J connectivity index is 2.08. The molecular weight excluding hydrogens is 324 g/mol. The summed E-state index contributed by atoms with van der Waals surface area (Å²) in [5.74, 6) is 1.93. The Morgan fingerprint density at radius 2 is 1.88 bits per heavy atom. The lowest BCUT2D eigenvalue weighted by Crippen LogP contribution is -1.97. The van der Waals surface area contributed by atoms with Crippen molar-refractivity contribution in [1.29, 1.82) is 0 Å². The average Bonchev–Trinajstić information content (AvgIpc) is 2.99. The second-order valence-corrected chi connectivity index (χ2v) is 5.56. The lowest BCUT2D eigenvalue weighted by molar-refractivity contribution is 0.0697. The second-order valence-electron chi connectivity index (χ2n) is 5.12. The molecule has 0 amide bonds. The minimum absolute atomic E-state index is 0.239. The molecule has 118 valence electrons. The van der Waals surface area contributed by atoms with E-state index >= 15 is 0 Å².